The zero-order chi connectivity index (χ0) is 16.7. The van der Waals surface area contributed by atoms with E-state index in [-0.39, 0.29) is 23.6 Å². The second kappa shape index (κ2) is 6.02. The Kier molecular flexibility index (Phi) is 3.98. The van der Waals surface area contributed by atoms with Crippen molar-refractivity contribution in [1.82, 2.24) is 19.8 Å². The maximum atomic E-state index is 12.3. The number of imidazole rings is 1. The number of nitrogens with zero attached hydrogens (tertiary/aromatic N) is 3. The normalized spacial score (nSPS) is 27.4. The SMILES string of the molecule is Cc1[nH]cnc1CN1CCN(Cc2ccoc2)[C@@H]2CS(=O)(=O)C[C@@H]21. The fourth-order valence-electron chi connectivity index (χ4n) is 3.85. The number of furan rings is 1. The van der Waals surface area contributed by atoms with E-state index in [0.29, 0.717) is 6.54 Å². The lowest BCUT2D eigenvalue weighted by Crippen LogP contribution is -2.58. The minimum atomic E-state index is -3.00. The second-order valence-electron chi connectivity index (χ2n) is 6.76. The van der Waals surface area contributed by atoms with Crippen molar-refractivity contribution < 1.29 is 12.8 Å². The highest BCUT2D eigenvalue weighted by Gasteiger charge is 2.46. The Morgan fingerprint density at radius 1 is 1.25 bits per heavy atom. The molecule has 0 radical (unpaired) electrons. The Hall–Kier alpha value is -1.64. The van der Waals surface area contributed by atoms with E-state index in [4.69, 9.17) is 4.42 Å². The Labute approximate surface area is 141 Å². The molecule has 2 saturated heterocycles. The van der Waals surface area contributed by atoms with Crippen LogP contribution in [0.4, 0.5) is 0 Å². The number of rotatable bonds is 4. The van der Waals surface area contributed by atoms with Crippen molar-refractivity contribution in [3.63, 3.8) is 0 Å². The van der Waals surface area contributed by atoms with E-state index < -0.39 is 9.84 Å². The lowest BCUT2D eigenvalue weighted by atomic mass is 10.0. The van der Waals surface area contributed by atoms with Gasteiger partial charge in [0.1, 0.15) is 0 Å². The molecule has 7 nitrogen and oxygen atoms in total. The van der Waals surface area contributed by atoms with Crippen molar-refractivity contribution in [3.05, 3.63) is 41.9 Å². The van der Waals surface area contributed by atoms with Crippen molar-refractivity contribution in [2.45, 2.75) is 32.1 Å². The van der Waals surface area contributed by atoms with Gasteiger partial charge >= 0.3 is 0 Å². The summed E-state index contributed by atoms with van der Waals surface area (Å²) in [6.45, 7) is 5.14. The molecule has 4 heterocycles. The Morgan fingerprint density at radius 3 is 2.54 bits per heavy atom. The van der Waals surface area contributed by atoms with Crippen LogP contribution in [0.1, 0.15) is 17.0 Å². The molecule has 0 bridgehead atoms. The van der Waals surface area contributed by atoms with E-state index in [0.717, 1.165) is 36.6 Å². The molecular weight excluding hydrogens is 328 g/mol. The number of aromatic amines is 1. The third-order valence-electron chi connectivity index (χ3n) is 5.16. The molecule has 0 aliphatic carbocycles. The van der Waals surface area contributed by atoms with Gasteiger partial charge in [0, 0.05) is 49.5 Å². The fraction of sp³-hybridized carbons (Fsp3) is 0.562. The van der Waals surface area contributed by atoms with Gasteiger partial charge in [-0.3, -0.25) is 9.80 Å². The lowest BCUT2D eigenvalue weighted by molar-refractivity contribution is 0.0346. The van der Waals surface area contributed by atoms with Gasteiger partial charge in [-0.15, -0.1) is 0 Å². The summed E-state index contributed by atoms with van der Waals surface area (Å²) in [6, 6.07) is 2.02. The summed E-state index contributed by atoms with van der Waals surface area (Å²) in [5.74, 6) is 0.481. The van der Waals surface area contributed by atoms with E-state index in [1.54, 1.807) is 18.9 Å². The number of H-pyrrole nitrogens is 1. The van der Waals surface area contributed by atoms with Crippen molar-refractivity contribution in [2.24, 2.45) is 0 Å². The predicted molar refractivity (Wildman–Crippen MR) is 89.1 cm³/mol. The van der Waals surface area contributed by atoms with Crippen LogP contribution in [0, 0.1) is 6.92 Å². The van der Waals surface area contributed by atoms with E-state index in [1.165, 1.54) is 0 Å². The molecule has 130 valence electrons. The molecule has 2 aliphatic heterocycles. The number of aryl methyl sites for hydroxylation is 1. The summed E-state index contributed by atoms with van der Waals surface area (Å²) in [5, 5.41) is 0. The minimum absolute atomic E-state index is 0.0340. The zero-order valence-corrected chi connectivity index (χ0v) is 14.5. The summed E-state index contributed by atoms with van der Waals surface area (Å²) in [7, 11) is -3.00. The van der Waals surface area contributed by atoms with Gasteiger partial charge in [0.15, 0.2) is 9.84 Å². The zero-order valence-electron chi connectivity index (χ0n) is 13.7. The van der Waals surface area contributed by atoms with E-state index in [2.05, 4.69) is 19.8 Å². The molecule has 2 fully saturated rings. The molecule has 4 rings (SSSR count). The number of aromatic nitrogens is 2. The summed E-state index contributed by atoms with van der Waals surface area (Å²) in [4.78, 5) is 12.0. The van der Waals surface area contributed by atoms with Gasteiger partial charge in [-0.1, -0.05) is 0 Å². The molecule has 0 spiro atoms. The van der Waals surface area contributed by atoms with Crippen LogP contribution >= 0.6 is 0 Å². The first-order chi connectivity index (χ1) is 11.5. The molecule has 2 atom stereocenters. The average molecular weight is 350 g/mol. The summed E-state index contributed by atoms with van der Waals surface area (Å²) in [5.41, 5.74) is 3.14. The van der Waals surface area contributed by atoms with E-state index in [9.17, 15) is 8.42 Å². The first-order valence-electron chi connectivity index (χ1n) is 8.20. The molecule has 0 amide bonds. The minimum Gasteiger partial charge on any atom is -0.472 e. The molecule has 2 aromatic rings. The van der Waals surface area contributed by atoms with Crippen LogP contribution in [-0.2, 0) is 22.9 Å². The van der Waals surface area contributed by atoms with Crippen LogP contribution in [0.3, 0.4) is 0 Å². The quantitative estimate of drug-likeness (QED) is 0.878. The Morgan fingerprint density at radius 2 is 1.96 bits per heavy atom. The van der Waals surface area contributed by atoms with Gasteiger partial charge < -0.3 is 9.40 Å². The highest BCUT2D eigenvalue weighted by atomic mass is 32.2. The van der Waals surface area contributed by atoms with Crippen molar-refractivity contribution in [1.29, 1.82) is 0 Å². The highest BCUT2D eigenvalue weighted by molar-refractivity contribution is 7.91. The maximum Gasteiger partial charge on any atom is 0.153 e. The summed E-state index contributed by atoms with van der Waals surface area (Å²) < 4.78 is 29.7. The van der Waals surface area contributed by atoms with Crippen LogP contribution in [-0.4, -0.2) is 64.9 Å². The van der Waals surface area contributed by atoms with Crippen molar-refractivity contribution in [2.75, 3.05) is 24.6 Å². The molecule has 2 aromatic heterocycles. The lowest BCUT2D eigenvalue weighted by Gasteiger charge is -2.43. The molecule has 0 unspecified atom stereocenters. The van der Waals surface area contributed by atoms with Gasteiger partial charge in [0.05, 0.1) is 36.1 Å². The van der Waals surface area contributed by atoms with Crippen LogP contribution in [0.15, 0.2) is 29.3 Å². The summed E-state index contributed by atoms with van der Waals surface area (Å²) in [6.07, 6.45) is 5.09. The Balaban J connectivity index is 1.54. The van der Waals surface area contributed by atoms with Gasteiger partial charge in [-0.2, -0.15) is 0 Å². The smallest absolute Gasteiger partial charge is 0.153 e. The molecule has 1 N–H and O–H groups in total. The number of nitrogens with one attached hydrogen (secondary N) is 1. The molecule has 24 heavy (non-hydrogen) atoms. The Bertz CT molecular complexity index is 799. The third kappa shape index (κ3) is 3.01. The number of piperazine rings is 1. The van der Waals surface area contributed by atoms with Crippen LogP contribution in [0.5, 0.6) is 0 Å². The number of hydrogen-bond acceptors (Lipinski definition) is 6. The van der Waals surface area contributed by atoms with Gasteiger partial charge in [0.25, 0.3) is 0 Å². The third-order valence-corrected chi connectivity index (χ3v) is 6.86. The second-order valence-corrected chi connectivity index (χ2v) is 8.91. The number of fused-ring (bicyclic) bond motifs is 1. The van der Waals surface area contributed by atoms with Crippen LogP contribution < -0.4 is 0 Å². The van der Waals surface area contributed by atoms with Gasteiger partial charge in [-0.25, -0.2) is 13.4 Å². The van der Waals surface area contributed by atoms with Gasteiger partial charge in [0.2, 0.25) is 0 Å². The first kappa shape index (κ1) is 15.9. The molecule has 0 aromatic carbocycles. The monoisotopic (exact) mass is 350 g/mol. The van der Waals surface area contributed by atoms with Crippen molar-refractivity contribution >= 4 is 9.84 Å². The first-order valence-corrected chi connectivity index (χ1v) is 10.0. The topological polar surface area (TPSA) is 82.4 Å². The molecule has 2 aliphatic rings. The highest BCUT2D eigenvalue weighted by Crippen LogP contribution is 2.29. The summed E-state index contributed by atoms with van der Waals surface area (Å²) >= 11 is 0. The average Bonchev–Trinajstić information content (AvgIpc) is 3.23. The molecular formula is C16H22N4O3S. The standard InChI is InChI=1S/C16H22N4O3S/c1-12-14(18-11-17-12)7-20-4-3-19(6-13-2-5-23-8-13)15-9-24(21,22)10-16(15)20/h2,5,8,11,15-16H,3-4,6-7,9-10H2,1H3,(H,17,18)/t15-,16+/m1/s1. The van der Waals surface area contributed by atoms with Crippen LogP contribution in [0.25, 0.3) is 0 Å². The predicted octanol–water partition coefficient (Wildman–Crippen LogP) is 0.795. The molecule has 8 heteroatoms. The van der Waals surface area contributed by atoms with Crippen molar-refractivity contribution in [3.8, 4) is 0 Å². The van der Waals surface area contributed by atoms with E-state index >= 15 is 0 Å². The van der Waals surface area contributed by atoms with Gasteiger partial charge in [-0.05, 0) is 13.0 Å². The maximum absolute atomic E-state index is 12.3. The van der Waals surface area contributed by atoms with E-state index in [1.807, 2.05) is 13.0 Å². The largest absolute Gasteiger partial charge is 0.472 e. The molecule has 0 saturated carbocycles. The fourth-order valence-corrected chi connectivity index (χ4v) is 5.89. The number of sulfone groups is 1. The van der Waals surface area contributed by atoms with Crippen LogP contribution in [0.2, 0.25) is 0 Å². The number of hydrogen-bond donors (Lipinski definition) is 1.